The zero-order valence-corrected chi connectivity index (χ0v) is 19.1. The van der Waals surface area contributed by atoms with E-state index in [2.05, 4.69) is 12.1 Å². The summed E-state index contributed by atoms with van der Waals surface area (Å²) in [5.41, 5.74) is 1.87. The Morgan fingerprint density at radius 1 is 0.879 bits per heavy atom. The summed E-state index contributed by atoms with van der Waals surface area (Å²) in [7, 11) is 1.66. The smallest absolute Gasteiger partial charge is 0.254 e. The Bertz CT molecular complexity index is 1150. The standard InChI is InChI=1S/C28H30N2O3/c1-33-23-15-13-21(14-16-23)26-12-6-18-30(26)27(31)22-9-5-17-29(19-22)28(32)25-11-4-8-20-7-2-3-10-24(20)25/h2-4,7-8,10-11,13-16,22,26H,5-6,9,12,17-19H2,1H3/t22-,26+/m0/s1. The van der Waals surface area contributed by atoms with E-state index in [1.807, 2.05) is 64.4 Å². The van der Waals surface area contributed by atoms with Gasteiger partial charge in [-0.1, -0.05) is 48.5 Å². The van der Waals surface area contributed by atoms with Gasteiger partial charge in [0.05, 0.1) is 19.1 Å². The molecule has 0 aliphatic carbocycles. The first kappa shape index (κ1) is 21.5. The predicted molar refractivity (Wildman–Crippen MR) is 129 cm³/mol. The van der Waals surface area contributed by atoms with E-state index in [1.165, 1.54) is 0 Å². The van der Waals surface area contributed by atoms with Gasteiger partial charge in [-0.2, -0.15) is 0 Å². The van der Waals surface area contributed by atoms with E-state index >= 15 is 0 Å². The third-order valence-corrected chi connectivity index (χ3v) is 7.11. The van der Waals surface area contributed by atoms with Gasteiger partial charge in [0.15, 0.2) is 0 Å². The maximum absolute atomic E-state index is 13.6. The van der Waals surface area contributed by atoms with Crippen molar-refractivity contribution in [3.05, 3.63) is 77.9 Å². The number of rotatable bonds is 4. The third-order valence-electron chi connectivity index (χ3n) is 7.11. The number of benzene rings is 3. The summed E-state index contributed by atoms with van der Waals surface area (Å²) < 4.78 is 5.28. The Labute approximate surface area is 194 Å². The SMILES string of the molecule is COc1ccc([C@H]2CCCN2C(=O)[C@H]2CCCN(C(=O)c3cccc4ccccc34)C2)cc1. The molecule has 0 unspecified atom stereocenters. The van der Waals surface area contributed by atoms with E-state index < -0.39 is 0 Å². The van der Waals surface area contributed by atoms with E-state index in [0.717, 1.165) is 59.9 Å². The molecule has 5 rings (SSSR count). The van der Waals surface area contributed by atoms with Gasteiger partial charge in [-0.05, 0) is 60.2 Å². The average molecular weight is 443 g/mol. The molecular formula is C28H30N2O3. The molecule has 0 bridgehead atoms. The second kappa shape index (κ2) is 9.26. The summed E-state index contributed by atoms with van der Waals surface area (Å²) in [6.07, 6.45) is 3.68. The van der Waals surface area contributed by atoms with Crippen LogP contribution in [0.2, 0.25) is 0 Å². The number of fused-ring (bicyclic) bond motifs is 1. The molecule has 0 aromatic heterocycles. The molecule has 3 aromatic rings. The van der Waals surface area contributed by atoms with Crippen molar-refractivity contribution >= 4 is 22.6 Å². The minimum atomic E-state index is -0.142. The number of carbonyl (C=O) groups is 2. The van der Waals surface area contributed by atoms with Crippen LogP contribution in [0, 0.1) is 5.92 Å². The van der Waals surface area contributed by atoms with E-state index in [9.17, 15) is 9.59 Å². The lowest BCUT2D eigenvalue weighted by Crippen LogP contribution is -2.46. The molecule has 5 heteroatoms. The highest BCUT2D eigenvalue weighted by atomic mass is 16.5. The monoisotopic (exact) mass is 442 g/mol. The summed E-state index contributed by atoms with van der Waals surface area (Å²) in [6, 6.07) is 22.0. The second-order valence-corrected chi connectivity index (χ2v) is 9.08. The normalized spacial score (nSPS) is 20.8. The molecule has 2 heterocycles. The number of hydrogen-bond donors (Lipinski definition) is 0. The van der Waals surface area contributed by atoms with Crippen molar-refractivity contribution in [1.29, 1.82) is 0 Å². The number of likely N-dealkylation sites (tertiary alicyclic amines) is 2. The van der Waals surface area contributed by atoms with Crippen molar-refractivity contribution in [3.63, 3.8) is 0 Å². The molecule has 33 heavy (non-hydrogen) atoms. The van der Waals surface area contributed by atoms with Crippen LogP contribution in [0.5, 0.6) is 5.75 Å². The average Bonchev–Trinajstić information content (AvgIpc) is 3.37. The molecule has 2 amide bonds. The second-order valence-electron chi connectivity index (χ2n) is 9.08. The summed E-state index contributed by atoms with van der Waals surface area (Å²) in [5, 5.41) is 2.03. The van der Waals surface area contributed by atoms with Gasteiger partial charge in [0.1, 0.15) is 5.75 Å². The third kappa shape index (κ3) is 4.20. The first-order chi connectivity index (χ1) is 16.2. The summed E-state index contributed by atoms with van der Waals surface area (Å²) in [5.74, 6) is 0.891. The van der Waals surface area contributed by atoms with Crippen molar-refractivity contribution < 1.29 is 14.3 Å². The molecule has 0 spiro atoms. The lowest BCUT2D eigenvalue weighted by atomic mass is 9.94. The Morgan fingerprint density at radius 2 is 1.64 bits per heavy atom. The van der Waals surface area contributed by atoms with Crippen LogP contribution < -0.4 is 4.74 Å². The first-order valence-corrected chi connectivity index (χ1v) is 11.9. The molecule has 170 valence electrons. The van der Waals surface area contributed by atoms with Gasteiger partial charge < -0.3 is 14.5 Å². The summed E-state index contributed by atoms with van der Waals surface area (Å²) in [6.45, 7) is 1.98. The van der Waals surface area contributed by atoms with E-state index in [-0.39, 0.29) is 23.8 Å². The number of piperidine rings is 1. The lowest BCUT2D eigenvalue weighted by molar-refractivity contribution is -0.137. The Hall–Kier alpha value is -3.34. The molecule has 2 fully saturated rings. The minimum absolute atomic E-state index is 0.0254. The number of nitrogens with zero attached hydrogens (tertiary/aromatic N) is 2. The Morgan fingerprint density at radius 3 is 2.45 bits per heavy atom. The lowest BCUT2D eigenvalue weighted by Gasteiger charge is -2.36. The highest BCUT2D eigenvalue weighted by molar-refractivity contribution is 6.07. The maximum Gasteiger partial charge on any atom is 0.254 e. The Balaban J connectivity index is 1.32. The predicted octanol–water partition coefficient (Wildman–Crippen LogP) is 5.06. The van der Waals surface area contributed by atoms with E-state index in [1.54, 1.807) is 7.11 Å². The molecule has 0 saturated carbocycles. The van der Waals surface area contributed by atoms with Crippen LogP contribution in [0.1, 0.15) is 47.6 Å². The van der Waals surface area contributed by atoms with Crippen molar-refractivity contribution in [2.45, 2.75) is 31.7 Å². The van der Waals surface area contributed by atoms with Crippen molar-refractivity contribution in [2.24, 2.45) is 5.92 Å². The van der Waals surface area contributed by atoms with Crippen LogP contribution in [-0.2, 0) is 4.79 Å². The van der Waals surface area contributed by atoms with Crippen LogP contribution in [0.3, 0.4) is 0 Å². The van der Waals surface area contributed by atoms with Gasteiger partial charge in [0.25, 0.3) is 5.91 Å². The fourth-order valence-electron chi connectivity index (χ4n) is 5.38. The van der Waals surface area contributed by atoms with Crippen molar-refractivity contribution in [2.75, 3.05) is 26.7 Å². The van der Waals surface area contributed by atoms with Gasteiger partial charge >= 0.3 is 0 Å². The van der Waals surface area contributed by atoms with Crippen LogP contribution in [0.15, 0.2) is 66.7 Å². The van der Waals surface area contributed by atoms with Crippen LogP contribution in [0.25, 0.3) is 10.8 Å². The minimum Gasteiger partial charge on any atom is -0.497 e. The molecule has 2 atom stereocenters. The molecular weight excluding hydrogens is 412 g/mol. The van der Waals surface area contributed by atoms with Crippen LogP contribution >= 0.6 is 0 Å². The topological polar surface area (TPSA) is 49.9 Å². The number of hydrogen-bond acceptors (Lipinski definition) is 3. The number of carbonyl (C=O) groups excluding carboxylic acids is 2. The highest BCUT2D eigenvalue weighted by Crippen LogP contribution is 2.35. The van der Waals surface area contributed by atoms with Gasteiger partial charge in [-0.25, -0.2) is 0 Å². The summed E-state index contributed by atoms with van der Waals surface area (Å²) >= 11 is 0. The van der Waals surface area contributed by atoms with Gasteiger partial charge in [0.2, 0.25) is 5.91 Å². The van der Waals surface area contributed by atoms with Gasteiger partial charge in [-0.3, -0.25) is 9.59 Å². The molecule has 2 aliphatic heterocycles. The molecule has 3 aromatic carbocycles. The highest BCUT2D eigenvalue weighted by Gasteiger charge is 2.37. The molecule has 5 nitrogen and oxygen atoms in total. The molecule has 0 N–H and O–H groups in total. The largest absolute Gasteiger partial charge is 0.497 e. The molecule has 2 saturated heterocycles. The number of amides is 2. The Kier molecular flexibility index (Phi) is 6.03. The summed E-state index contributed by atoms with van der Waals surface area (Å²) in [4.78, 5) is 30.9. The zero-order chi connectivity index (χ0) is 22.8. The van der Waals surface area contributed by atoms with E-state index in [4.69, 9.17) is 4.74 Å². The first-order valence-electron chi connectivity index (χ1n) is 11.9. The van der Waals surface area contributed by atoms with Gasteiger partial charge in [-0.15, -0.1) is 0 Å². The van der Waals surface area contributed by atoms with Crippen LogP contribution in [-0.4, -0.2) is 48.4 Å². The zero-order valence-electron chi connectivity index (χ0n) is 19.1. The van der Waals surface area contributed by atoms with Gasteiger partial charge in [0, 0.05) is 25.2 Å². The number of methoxy groups -OCH3 is 1. The number of ether oxygens (including phenoxy) is 1. The molecule has 2 aliphatic rings. The van der Waals surface area contributed by atoms with Crippen molar-refractivity contribution in [1.82, 2.24) is 9.80 Å². The van der Waals surface area contributed by atoms with E-state index in [0.29, 0.717) is 13.1 Å². The molecule has 0 radical (unpaired) electrons. The fourth-order valence-corrected chi connectivity index (χ4v) is 5.38. The van der Waals surface area contributed by atoms with Crippen LogP contribution in [0.4, 0.5) is 0 Å². The fraction of sp³-hybridized carbons (Fsp3) is 0.357. The quantitative estimate of drug-likeness (QED) is 0.567. The maximum atomic E-state index is 13.6. The van der Waals surface area contributed by atoms with Crippen molar-refractivity contribution in [3.8, 4) is 5.75 Å².